The second-order valence-corrected chi connectivity index (χ2v) is 6.62. The summed E-state index contributed by atoms with van der Waals surface area (Å²) in [6, 6.07) is 24.6. The van der Waals surface area contributed by atoms with Gasteiger partial charge < -0.3 is 25.3 Å². The fraction of sp³-hybridized carbons (Fsp3) is 0.200. The van der Waals surface area contributed by atoms with E-state index in [0.717, 1.165) is 5.69 Å². The van der Waals surface area contributed by atoms with E-state index in [2.05, 4.69) is 0 Å². The molecule has 0 fully saturated rings. The quantitative estimate of drug-likeness (QED) is 0.444. The van der Waals surface area contributed by atoms with Crippen LogP contribution in [0.5, 0.6) is 0 Å². The Balaban J connectivity index is 0.000000250. The van der Waals surface area contributed by atoms with E-state index in [0.29, 0.717) is 24.2 Å². The third kappa shape index (κ3) is 10.4. The number of carboxylic acid groups (broad SMARTS) is 2. The maximum absolute atomic E-state index is 10.2. The minimum absolute atomic E-state index is 0.105. The van der Waals surface area contributed by atoms with Crippen LogP contribution in [0.15, 0.2) is 84.9 Å². The van der Waals surface area contributed by atoms with E-state index in [9.17, 15) is 9.59 Å². The first-order valence-corrected chi connectivity index (χ1v) is 9.99. The number of aromatic carboxylic acids is 2. The fourth-order valence-electron chi connectivity index (χ4n) is 2.60. The average molecular weight is 440 g/mol. The van der Waals surface area contributed by atoms with Gasteiger partial charge in [-0.2, -0.15) is 0 Å². The molecule has 7 heteroatoms. The van der Waals surface area contributed by atoms with Crippen LogP contribution in [0.1, 0.15) is 26.3 Å². The maximum atomic E-state index is 10.2. The third-order valence-corrected chi connectivity index (χ3v) is 4.15. The summed E-state index contributed by atoms with van der Waals surface area (Å²) in [5.41, 5.74) is 2.89. The van der Waals surface area contributed by atoms with Gasteiger partial charge in [-0.25, -0.2) is 9.59 Å². The van der Waals surface area contributed by atoms with Crippen molar-refractivity contribution in [2.75, 3.05) is 31.2 Å². The highest BCUT2D eigenvalue weighted by molar-refractivity contribution is 5.87. The number of benzene rings is 3. The Labute approximate surface area is 187 Å². The molecular formula is C25H29NO6. The lowest BCUT2D eigenvalue weighted by Crippen LogP contribution is -2.29. The van der Waals surface area contributed by atoms with Crippen molar-refractivity contribution < 1.29 is 30.0 Å². The molecule has 0 aliphatic heterocycles. The highest BCUT2D eigenvalue weighted by Crippen LogP contribution is 2.14. The van der Waals surface area contributed by atoms with E-state index in [1.165, 1.54) is 5.56 Å². The zero-order chi connectivity index (χ0) is 23.8. The highest BCUT2D eigenvalue weighted by Gasteiger charge is 2.04. The van der Waals surface area contributed by atoms with Crippen LogP contribution in [0.3, 0.4) is 0 Å². The minimum atomic E-state index is -0.879. The largest absolute Gasteiger partial charge is 0.478 e. The number of aryl methyl sites for hydroxylation is 1. The molecule has 0 aliphatic carbocycles. The molecule has 7 nitrogen and oxygen atoms in total. The molecular weight excluding hydrogens is 410 g/mol. The number of rotatable bonds is 7. The second-order valence-electron chi connectivity index (χ2n) is 6.62. The predicted molar refractivity (Wildman–Crippen MR) is 124 cm³/mol. The van der Waals surface area contributed by atoms with Gasteiger partial charge in [0.1, 0.15) is 0 Å². The SMILES string of the molecule is Cc1cccc(N(CCO)CCO)c1.O=C(O)c1ccccc1.O=C(O)c1ccccc1. The molecule has 0 aliphatic rings. The Hall–Kier alpha value is -3.68. The van der Waals surface area contributed by atoms with Gasteiger partial charge in [-0.15, -0.1) is 0 Å². The van der Waals surface area contributed by atoms with Gasteiger partial charge in [-0.1, -0.05) is 48.5 Å². The monoisotopic (exact) mass is 439 g/mol. The molecule has 0 atom stereocenters. The van der Waals surface area contributed by atoms with Crippen molar-refractivity contribution in [2.45, 2.75) is 6.92 Å². The van der Waals surface area contributed by atoms with Crippen LogP contribution in [0.2, 0.25) is 0 Å². The molecule has 0 aromatic heterocycles. The van der Waals surface area contributed by atoms with Crippen LogP contribution in [0, 0.1) is 6.92 Å². The maximum Gasteiger partial charge on any atom is 0.335 e. The molecule has 3 aromatic carbocycles. The smallest absolute Gasteiger partial charge is 0.335 e. The van der Waals surface area contributed by atoms with E-state index in [4.69, 9.17) is 20.4 Å². The number of aliphatic hydroxyl groups is 2. The normalized spacial score (nSPS) is 9.47. The molecule has 0 amide bonds. The van der Waals surface area contributed by atoms with Crippen molar-refractivity contribution in [2.24, 2.45) is 0 Å². The van der Waals surface area contributed by atoms with Crippen LogP contribution < -0.4 is 4.90 Å². The Morgan fingerprint density at radius 3 is 1.44 bits per heavy atom. The van der Waals surface area contributed by atoms with E-state index in [1.807, 2.05) is 36.1 Å². The molecule has 0 bridgehead atoms. The zero-order valence-electron chi connectivity index (χ0n) is 18.0. The molecule has 0 radical (unpaired) electrons. The molecule has 3 rings (SSSR count). The van der Waals surface area contributed by atoms with Crippen LogP contribution >= 0.6 is 0 Å². The van der Waals surface area contributed by atoms with Gasteiger partial charge in [0.2, 0.25) is 0 Å². The molecule has 0 saturated carbocycles. The summed E-state index contributed by atoms with van der Waals surface area (Å²) in [7, 11) is 0. The number of carboxylic acids is 2. The summed E-state index contributed by atoms with van der Waals surface area (Å²) < 4.78 is 0. The lowest BCUT2D eigenvalue weighted by Gasteiger charge is -2.23. The summed E-state index contributed by atoms with van der Waals surface area (Å²) >= 11 is 0. The van der Waals surface area contributed by atoms with Crippen molar-refractivity contribution in [3.05, 3.63) is 102 Å². The average Bonchev–Trinajstić information content (AvgIpc) is 2.81. The summed E-state index contributed by atoms with van der Waals surface area (Å²) in [5.74, 6) is -1.76. The van der Waals surface area contributed by atoms with Crippen molar-refractivity contribution in [3.63, 3.8) is 0 Å². The first-order chi connectivity index (χ1) is 15.4. The molecule has 170 valence electrons. The van der Waals surface area contributed by atoms with Crippen LogP contribution in [-0.2, 0) is 0 Å². The minimum Gasteiger partial charge on any atom is -0.478 e. The van der Waals surface area contributed by atoms with Gasteiger partial charge in [-0.3, -0.25) is 0 Å². The number of anilines is 1. The van der Waals surface area contributed by atoms with Gasteiger partial charge in [0.15, 0.2) is 0 Å². The van der Waals surface area contributed by atoms with Crippen LogP contribution in [0.25, 0.3) is 0 Å². The molecule has 0 saturated heterocycles. The fourth-order valence-corrected chi connectivity index (χ4v) is 2.60. The molecule has 0 heterocycles. The van der Waals surface area contributed by atoms with E-state index in [-0.39, 0.29) is 13.2 Å². The van der Waals surface area contributed by atoms with Gasteiger partial charge in [0.25, 0.3) is 0 Å². The van der Waals surface area contributed by atoms with E-state index < -0.39 is 11.9 Å². The van der Waals surface area contributed by atoms with Crippen LogP contribution in [0.4, 0.5) is 5.69 Å². The molecule has 3 aromatic rings. The summed E-state index contributed by atoms with van der Waals surface area (Å²) in [5, 5.41) is 34.5. The number of hydrogen-bond donors (Lipinski definition) is 4. The first-order valence-electron chi connectivity index (χ1n) is 9.99. The standard InChI is InChI=1S/C11H17NO2.2C7H6O2/c1-10-3-2-4-11(9-10)12(5-7-13)6-8-14;2*8-7(9)6-4-2-1-3-5-6/h2-4,9,13-14H,5-8H2,1H3;2*1-5H,(H,8,9). The lowest BCUT2D eigenvalue weighted by molar-refractivity contribution is 0.0686. The molecule has 0 unspecified atom stereocenters. The first kappa shape index (κ1) is 26.4. The Kier molecular flexibility index (Phi) is 12.5. The molecule has 4 N–H and O–H groups in total. The van der Waals surface area contributed by atoms with Crippen molar-refractivity contribution >= 4 is 17.6 Å². The van der Waals surface area contributed by atoms with Crippen LogP contribution in [-0.4, -0.2) is 58.7 Å². The third-order valence-electron chi connectivity index (χ3n) is 4.15. The predicted octanol–water partition coefficient (Wildman–Crippen LogP) is 3.56. The Morgan fingerprint density at radius 1 is 0.688 bits per heavy atom. The summed E-state index contributed by atoms with van der Waals surface area (Å²) in [6.07, 6.45) is 0. The highest BCUT2D eigenvalue weighted by atomic mass is 16.4. The van der Waals surface area contributed by atoms with E-state index >= 15 is 0 Å². The van der Waals surface area contributed by atoms with E-state index in [1.54, 1.807) is 60.7 Å². The lowest BCUT2D eigenvalue weighted by atomic mass is 10.2. The zero-order valence-corrected chi connectivity index (χ0v) is 18.0. The Morgan fingerprint density at radius 2 is 1.12 bits per heavy atom. The molecule has 32 heavy (non-hydrogen) atoms. The summed E-state index contributed by atoms with van der Waals surface area (Å²) in [6.45, 7) is 3.36. The van der Waals surface area contributed by atoms with Gasteiger partial charge >= 0.3 is 11.9 Å². The number of carbonyl (C=O) groups is 2. The van der Waals surface area contributed by atoms with Crippen molar-refractivity contribution in [1.82, 2.24) is 0 Å². The number of hydrogen-bond acceptors (Lipinski definition) is 5. The van der Waals surface area contributed by atoms with Crippen molar-refractivity contribution in [1.29, 1.82) is 0 Å². The number of nitrogens with zero attached hydrogens (tertiary/aromatic N) is 1. The van der Waals surface area contributed by atoms with Gasteiger partial charge in [0.05, 0.1) is 24.3 Å². The van der Waals surface area contributed by atoms with Gasteiger partial charge in [-0.05, 0) is 48.9 Å². The summed E-state index contributed by atoms with van der Waals surface area (Å²) in [4.78, 5) is 22.4. The Bertz CT molecular complexity index is 876. The van der Waals surface area contributed by atoms with Gasteiger partial charge in [0, 0.05) is 18.8 Å². The topological polar surface area (TPSA) is 118 Å². The number of aliphatic hydroxyl groups excluding tert-OH is 2. The van der Waals surface area contributed by atoms with Crippen molar-refractivity contribution in [3.8, 4) is 0 Å². The second kappa shape index (κ2) is 15.2. The molecule has 0 spiro atoms.